The summed E-state index contributed by atoms with van der Waals surface area (Å²) in [6.07, 6.45) is 1.07. The number of carbonyl (C=O) groups excluding carboxylic acids is 1. The monoisotopic (exact) mass is 360 g/mol. The molecule has 7 heteroatoms. The number of hydrogen-bond donors (Lipinski definition) is 2. The molecule has 1 aromatic heterocycles. The number of H-pyrrole nitrogens is 1. The molecule has 1 aliphatic heterocycles. The van der Waals surface area contributed by atoms with Crippen molar-refractivity contribution in [3.05, 3.63) is 34.7 Å². The van der Waals surface area contributed by atoms with Gasteiger partial charge in [-0.05, 0) is 39.3 Å². The van der Waals surface area contributed by atoms with Crippen molar-refractivity contribution in [2.75, 3.05) is 13.1 Å². The first-order chi connectivity index (χ1) is 12.3. The Labute approximate surface area is 153 Å². The van der Waals surface area contributed by atoms with Crippen molar-refractivity contribution in [3.63, 3.8) is 0 Å². The Morgan fingerprint density at radius 1 is 1.31 bits per heavy atom. The Hall–Kier alpha value is -2.28. The van der Waals surface area contributed by atoms with Crippen LogP contribution in [-0.2, 0) is 4.74 Å². The van der Waals surface area contributed by atoms with Gasteiger partial charge in [0.2, 0.25) is 0 Å². The number of benzene rings is 1. The molecule has 26 heavy (non-hydrogen) atoms. The number of amides is 1. The molecule has 2 aromatic rings. The van der Waals surface area contributed by atoms with Crippen LogP contribution < -0.4 is 11.0 Å². The number of hydrogen-bond acceptors (Lipinski definition) is 4. The van der Waals surface area contributed by atoms with Gasteiger partial charge in [0.15, 0.2) is 0 Å². The van der Waals surface area contributed by atoms with E-state index in [9.17, 15) is 9.59 Å². The van der Waals surface area contributed by atoms with Crippen LogP contribution in [0.25, 0.3) is 11.0 Å². The Balaban J connectivity index is 1.98. The molecule has 1 saturated heterocycles. The second-order valence-corrected chi connectivity index (χ2v) is 7.75. The van der Waals surface area contributed by atoms with Crippen molar-refractivity contribution in [1.29, 1.82) is 0 Å². The third kappa shape index (κ3) is 3.62. The van der Waals surface area contributed by atoms with Gasteiger partial charge in [-0.1, -0.05) is 25.5 Å². The number of fused-ring (bicyclic) bond motifs is 1. The van der Waals surface area contributed by atoms with Gasteiger partial charge >= 0.3 is 11.8 Å². The molecule has 3 rings (SSSR count). The number of rotatable bonds is 3. The zero-order chi connectivity index (χ0) is 18.9. The maximum atomic E-state index is 12.7. The smallest absolute Gasteiger partial charge is 0.410 e. The molecule has 0 bridgehead atoms. The van der Waals surface area contributed by atoms with Gasteiger partial charge in [-0.25, -0.2) is 9.59 Å². The van der Waals surface area contributed by atoms with E-state index in [0.29, 0.717) is 13.1 Å². The van der Waals surface area contributed by atoms with E-state index < -0.39 is 5.60 Å². The first-order valence-corrected chi connectivity index (χ1v) is 9.24. The molecule has 2 N–H and O–H groups in total. The number of para-hydroxylation sites is 2. The molecule has 0 saturated carbocycles. The van der Waals surface area contributed by atoms with Crippen LogP contribution >= 0.6 is 0 Å². The average Bonchev–Trinajstić information content (AvgIpc) is 2.89. The van der Waals surface area contributed by atoms with Crippen molar-refractivity contribution in [2.24, 2.45) is 0 Å². The second-order valence-electron chi connectivity index (χ2n) is 7.75. The highest BCUT2D eigenvalue weighted by molar-refractivity contribution is 5.75. The van der Waals surface area contributed by atoms with Crippen LogP contribution in [0, 0.1) is 0 Å². The SMILES string of the molecule is CCCC1C(n2c(=O)[nH]c3ccccc32)NCCN1C(=O)OC(C)(C)C. The van der Waals surface area contributed by atoms with E-state index in [0.717, 1.165) is 23.9 Å². The van der Waals surface area contributed by atoms with Gasteiger partial charge in [0.1, 0.15) is 11.8 Å². The summed E-state index contributed by atoms with van der Waals surface area (Å²) in [6, 6.07) is 7.46. The molecular weight excluding hydrogens is 332 g/mol. The Bertz CT molecular complexity index is 833. The van der Waals surface area contributed by atoms with Gasteiger partial charge < -0.3 is 14.6 Å². The molecule has 0 radical (unpaired) electrons. The van der Waals surface area contributed by atoms with E-state index in [1.165, 1.54) is 0 Å². The molecule has 1 amide bonds. The lowest BCUT2D eigenvalue weighted by atomic mass is 10.0. The predicted molar refractivity (Wildman–Crippen MR) is 101 cm³/mol. The Kier molecular flexibility index (Phi) is 5.09. The van der Waals surface area contributed by atoms with Crippen molar-refractivity contribution in [2.45, 2.75) is 58.3 Å². The number of aromatic amines is 1. The summed E-state index contributed by atoms with van der Waals surface area (Å²) in [6.45, 7) is 8.84. The maximum Gasteiger partial charge on any atom is 0.410 e. The van der Waals surface area contributed by atoms with E-state index in [1.54, 1.807) is 9.47 Å². The summed E-state index contributed by atoms with van der Waals surface area (Å²) in [5, 5.41) is 3.43. The standard InChI is InChI=1S/C19H28N4O3/c1-5-8-15-16(20-11-12-22(15)18(25)26-19(2,3)4)23-14-10-7-6-9-13(14)21-17(23)24/h6-7,9-10,15-16,20H,5,8,11-12H2,1-4H3,(H,21,24). The molecule has 2 atom stereocenters. The number of imidazole rings is 1. The normalized spacial score (nSPS) is 21.2. The minimum atomic E-state index is -0.550. The fraction of sp³-hybridized carbons (Fsp3) is 0.579. The summed E-state index contributed by atoms with van der Waals surface area (Å²) in [7, 11) is 0. The van der Waals surface area contributed by atoms with Gasteiger partial charge in [-0.15, -0.1) is 0 Å². The van der Waals surface area contributed by atoms with Gasteiger partial charge in [0, 0.05) is 13.1 Å². The lowest BCUT2D eigenvalue weighted by molar-refractivity contribution is -0.00195. The third-order valence-electron chi connectivity index (χ3n) is 4.59. The van der Waals surface area contributed by atoms with Gasteiger partial charge in [0.05, 0.1) is 17.1 Å². The first kappa shape index (κ1) is 18.5. The van der Waals surface area contributed by atoms with Gasteiger partial charge in [0.25, 0.3) is 0 Å². The summed E-state index contributed by atoms with van der Waals surface area (Å²) in [5.41, 5.74) is 0.910. The van der Waals surface area contributed by atoms with Crippen LogP contribution in [0.5, 0.6) is 0 Å². The van der Waals surface area contributed by atoms with Crippen LogP contribution in [0.3, 0.4) is 0 Å². The zero-order valence-corrected chi connectivity index (χ0v) is 15.9. The lowest BCUT2D eigenvalue weighted by Gasteiger charge is -2.42. The maximum absolute atomic E-state index is 12.7. The van der Waals surface area contributed by atoms with Crippen molar-refractivity contribution >= 4 is 17.1 Å². The zero-order valence-electron chi connectivity index (χ0n) is 15.9. The third-order valence-corrected chi connectivity index (χ3v) is 4.59. The Morgan fingerprint density at radius 2 is 2.04 bits per heavy atom. The number of nitrogens with one attached hydrogen (secondary N) is 2. The van der Waals surface area contributed by atoms with Crippen LogP contribution in [0.15, 0.2) is 29.1 Å². The minimum Gasteiger partial charge on any atom is -0.444 e. The molecule has 142 valence electrons. The fourth-order valence-electron chi connectivity index (χ4n) is 3.58. The van der Waals surface area contributed by atoms with Crippen molar-refractivity contribution in [1.82, 2.24) is 19.8 Å². The summed E-state index contributed by atoms with van der Waals surface area (Å²) in [4.78, 5) is 30.0. The molecule has 2 unspecified atom stereocenters. The molecule has 1 aromatic carbocycles. The summed E-state index contributed by atoms with van der Waals surface area (Å²) >= 11 is 0. The molecule has 7 nitrogen and oxygen atoms in total. The van der Waals surface area contributed by atoms with Crippen molar-refractivity contribution < 1.29 is 9.53 Å². The lowest BCUT2D eigenvalue weighted by Crippen LogP contribution is -2.58. The summed E-state index contributed by atoms with van der Waals surface area (Å²) in [5.74, 6) is 0. The van der Waals surface area contributed by atoms with E-state index >= 15 is 0 Å². The predicted octanol–water partition coefficient (Wildman–Crippen LogP) is 2.84. The highest BCUT2D eigenvalue weighted by atomic mass is 16.6. The fourth-order valence-corrected chi connectivity index (χ4v) is 3.58. The molecule has 0 aliphatic carbocycles. The van der Waals surface area contributed by atoms with E-state index in [4.69, 9.17) is 4.74 Å². The van der Waals surface area contributed by atoms with Crippen LogP contribution in [-0.4, -0.2) is 45.3 Å². The van der Waals surface area contributed by atoms with Crippen LogP contribution in [0.1, 0.15) is 46.7 Å². The largest absolute Gasteiger partial charge is 0.444 e. The highest BCUT2D eigenvalue weighted by Crippen LogP contribution is 2.26. The molecular formula is C19H28N4O3. The minimum absolute atomic E-state index is 0.152. The van der Waals surface area contributed by atoms with E-state index in [1.807, 2.05) is 45.0 Å². The average molecular weight is 360 g/mol. The number of aromatic nitrogens is 2. The number of carbonyl (C=O) groups is 1. The topological polar surface area (TPSA) is 79.4 Å². The number of nitrogens with zero attached hydrogens (tertiary/aromatic N) is 2. The molecule has 2 heterocycles. The van der Waals surface area contributed by atoms with Gasteiger partial charge in [-0.2, -0.15) is 0 Å². The van der Waals surface area contributed by atoms with E-state index in [-0.39, 0.29) is 24.0 Å². The van der Waals surface area contributed by atoms with E-state index in [2.05, 4.69) is 17.2 Å². The molecule has 1 aliphatic rings. The Morgan fingerprint density at radius 3 is 2.73 bits per heavy atom. The molecule has 0 spiro atoms. The first-order valence-electron chi connectivity index (χ1n) is 9.24. The van der Waals surface area contributed by atoms with Gasteiger partial charge in [-0.3, -0.25) is 9.88 Å². The highest BCUT2D eigenvalue weighted by Gasteiger charge is 2.38. The molecule has 1 fully saturated rings. The van der Waals surface area contributed by atoms with Crippen LogP contribution in [0.4, 0.5) is 4.79 Å². The summed E-state index contributed by atoms with van der Waals surface area (Å²) < 4.78 is 7.33. The quantitative estimate of drug-likeness (QED) is 0.882. The van der Waals surface area contributed by atoms with Crippen molar-refractivity contribution in [3.8, 4) is 0 Å². The second kappa shape index (κ2) is 7.15. The number of ether oxygens (including phenoxy) is 1. The van der Waals surface area contributed by atoms with Crippen LogP contribution in [0.2, 0.25) is 0 Å². The number of piperazine rings is 1.